The lowest BCUT2D eigenvalue weighted by molar-refractivity contribution is 0.668. The summed E-state index contributed by atoms with van der Waals surface area (Å²) in [6, 6.07) is 56.4. The Labute approximate surface area is 307 Å². The lowest BCUT2D eigenvalue weighted by atomic mass is 10.1. The van der Waals surface area contributed by atoms with Crippen LogP contribution in [0.1, 0.15) is 0 Å². The summed E-state index contributed by atoms with van der Waals surface area (Å²) in [6.07, 6.45) is 1.87. The SMILES string of the molecule is c1ccc(N(c2ccc3c(c2)oc2ccccc23)c2ccc3c(c2)sc2nc(N(c4ccccc4)c4ccc5c(c4)oc4ccccc45)cnc23)cc1. The Balaban J connectivity index is 1.03. The second-order valence-corrected chi connectivity index (χ2v) is 14.1. The fraction of sp³-hybridized carbons (Fsp3) is 0. The number of thiophene rings is 1. The number of benzene rings is 7. The summed E-state index contributed by atoms with van der Waals surface area (Å²) < 4.78 is 13.7. The van der Waals surface area contributed by atoms with Gasteiger partial charge < -0.3 is 13.7 Å². The Kier molecular flexibility index (Phi) is 6.62. The Bertz CT molecular complexity index is 2940. The number of para-hydroxylation sites is 4. The molecule has 0 radical (unpaired) electrons. The molecule has 0 saturated heterocycles. The lowest BCUT2D eigenvalue weighted by Crippen LogP contribution is -2.11. The first-order valence-electron chi connectivity index (χ1n) is 17.5. The van der Waals surface area contributed by atoms with Gasteiger partial charge in [0.1, 0.15) is 32.7 Å². The van der Waals surface area contributed by atoms with Crippen molar-refractivity contribution >= 4 is 110 Å². The second kappa shape index (κ2) is 11.8. The summed E-state index contributed by atoms with van der Waals surface area (Å²) in [5.41, 5.74) is 9.37. The molecular weight excluding hydrogens is 673 g/mol. The Morgan fingerprint density at radius 2 is 0.906 bits per heavy atom. The van der Waals surface area contributed by atoms with Gasteiger partial charge in [0.25, 0.3) is 0 Å². The molecule has 0 saturated carbocycles. The molecule has 11 aromatic rings. The minimum Gasteiger partial charge on any atom is -0.456 e. The molecular formula is C46H28N4O2S. The fourth-order valence-electron chi connectivity index (χ4n) is 7.48. The monoisotopic (exact) mass is 700 g/mol. The van der Waals surface area contributed by atoms with Crippen molar-refractivity contribution in [2.75, 3.05) is 9.80 Å². The third-order valence-electron chi connectivity index (χ3n) is 9.91. The van der Waals surface area contributed by atoms with Crippen LogP contribution in [0.3, 0.4) is 0 Å². The molecule has 0 atom stereocenters. The first-order valence-corrected chi connectivity index (χ1v) is 18.3. The maximum absolute atomic E-state index is 6.30. The van der Waals surface area contributed by atoms with Crippen LogP contribution in [0.25, 0.3) is 64.3 Å². The van der Waals surface area contributed by atoms with E-state index in [9.17, 15) is 0 Å². The van der Waals surface area contributed by atoms with Gasteiger partial charge in [-0.2, -0.15) is 0 Å². The van der Waals surface area contributed by atoms with E-state index in [4.69, 9.17) is 18.8 Å². The zero-order valence-corrected chi connectivity index (χ0v) is 29.0. The number of hydrogen-bond donors (Lipinski definition) is 0. The third-order valence-corrected chi connectivity index (χ3v) is 10.9. The van der Waals surface area contributed by atoms with Crippen molar-refractivity contribution in [2.45, 2.75) is 0 Å². The molecule has 0 aliphatic heterocycles. The molecule has 11 rings (SSSR count). The Morgan fingerprint density at radius 1 is 0.415 bits per heavy atom. The number of nitrogens with zero attached hydrogens (tertiary/aromatic N) is 4. The minimum atomic E-state index is 0.732. The van der Waals surface area contributed by atoms with Crippen molar-refractivity contribution in [2.24, 2.45) is 0 Å². The number of furan rings is 2. The summed E-state index contributed by atoms with van der Waals surface area (Å²) in [5, 5.41) is 5.48. The summed E-state index contributed by atoms with van der Waals surface area (Å²) in [7, 11) is 0. The quantitative estimate of drug-likeness (QED) is 0.172. The van der Waals surface area contributed by atoms with Crippen LogP contribution in [-0.2, 0) is 0 Å². The summed E-state index contributed by atoms with van der Waals surface area (Å²) >= 11 is 1.65. The zero-order chi connectivity index (χ0) is 34.9. The van der Waals surface area contributed by atoms with Crippen molar-refractivity contribution in [1.29, 1.82) is 0 Å². The second-order valence-electron chi connectivity index (χ2n) is 13.1. The summed E-state index contributed by atoms with van der Waals surface area (Å²) in [4.78, 5) is 15.6. The molecule has 0 aliphatic carbocycles. The Morgan fingerprint density at radius 3 is 1.53 bits per heavy atom. The van der Waals surface area contributed by atoms with E-state index in [1.165, 1.54) is 0 Å². The van der Waals surface area contributed by atoms with Crippen LogP contribution in [0, 0.1) is 0 Å². The smallest absolute Gasteiger partial charge is 0.157 e. The standard InChI is InChI=1S/C46H28N4O2S/c1-3-11-29(12-4-1)49(31-19-22-36-34-15-7-9-17-39(34)51-41(36)25-31)33-21-24-38-43(27-33)53-46-45(38)47-28-44(48-46)50(30-13-5-2-6-14-30)32-20-23-37-35-16-8-10-18-40(35)52-42(37)26-32/h1-28H. The van der Waals surface area contributed by atoms with Gasteiger partial charge in [-0.05, 0) is 78.9 Å². The maximum Gasteiger partial charge on any atom is 0.157 e. The highest BCUT2D eigenvalue weighted by Crippen LogP contribution is 2.43. The third kappa shape index (κ3) is 4.86. The molecule has 7 aromatic carbocycles. The van der Waals surface area contributed by atoms with Gasteiger partial charge in [0.05, 0.1) is 11.9 Å². The number of rotatable bonds is 6. The van der Waals surface area contributed by atoms with Crippen LogP contribution >= 0.6 is 11.3 Å². The molecule has 0 aliphatic rings. The zero-order valence-electron chi connectivity index (χ0n) is 28.2. The highest BCUT2D eigenvalue weighted by Gasteiger charge is 2.20. The van der Waals surface area contributed by atoms with Crippen molar-refractivity contribution in [3.63, 3.8) is 0 Å². The fourth-order valence-corrected chi connectivity index (χ4v) is 8.54. The molecule has 7 heteroatoms. The molecule has 0 fully saturated rings. The molecule has 4 aromatic heterocycles. The van der Waals surface area contributed by atoms with Crippen LogP contribution < -0.4 is 9.80 Å². The van der Waals surface area contributed by atoms with E-state index in [1.807, 2.05) is 60.8 Å². The molecule has 4 heterocycles. The largest absolute Gasteiger partial charge is 0.456 e. The van der Waals surface area contributed by atoms with E-state index in [0.717, 1.165) is 98.6 Å². The normalized spacial score (nSPS) is 11.8. The average Bonchev–Trinajstić information content (AvgIpc) is 3.89. The van der Waals surface area contributed by atoms with E-state index in [1.54, 1.807) is 11.3 Å². The molecule has 250 valence electrons. The summed E-state index contributed by atoms with van der Waals surface area (Å²) in [6.45, 7) is 0. The van der Waals surface area contributed by atoms with Crippen molar-refractivity contribution in [3.05, 3.63) is 170 Å². The van der Waals surface area contributed by atoms with Gasteiger partial charge in [-0.15, -0.1) is 11.3 Å². The van der Waals surface area contributed by atoms with Gasteiger partial charge in [-0.3, -0.25) is 4.90 Å². The van der Waals surface area contributed by atoms with Gasteiger partial charge in [-0.25, -0.2) is 9.97 Å². The van der Waals surface area contributed by atoms with Crippen molar-refractivity contribution in [1.82, 2.24) is 9.97 Å². The van der Waals surface area contributed by atoms with E-state index >= 15 is 0 Å². The molecule has 53 heavy (non-hydrogen) atoms. The first kappa shape index (κ1) is 29.7. The first-order chi connectivity index (χ1) is 26.2. The number of fused-ring (bicyclic) bond motifs is 9. The number of hydrogen-bond acceptors (Lipinski definition) is 7. The molecule has 0 unspecified atom stereocenters. The number of aromatic nitrogens is 2. The van der Waals surface area contributed by atoms with Crippen LogP contribution in [0.4, 0.5) is 34.3 Å². The predicted molar refractivity (Wildman–Crippen MR) is 219 cm³/mol. The molecule has 0 amide bonds. The highest BCUT2D eigenvalue weighted by atomic mass is 32.1. The maximum atomic E-state index is 6.30. The molecule has 6 nitrogen and oxygen atoms in total. The molecule has 0 spiro atoms. The van der Waals surface area contributed by atoms with Crippen LogP contribution in [0.5, 0.6) is 0 Å². The number of anilines is 6. The van der Waals surface area contributed by atoms with Crippen LogP contribution in [0.2, 0.25) is 0 Å². The molecule has 0 N–H and O–H groups in total. The van der Waals surface area contributed by atoms with Crippen LogP contribution in [0.15, 0.2) is 179 Å². The van der Waals surface area contributed by atoms with E-state index in [2.05, 4.69) is 119 Å². The van der Waals surface area contributed by atoms with Gasteiger partial charge in [0.2, 0.25) is 0 Å². The highest BCUT2D eigenvalue weighted by molar-refractivity contribution is 7.25. The minimum absolute atomic E-state index is 0.732. The van der Waals surface area contributed by atoms with Crippen LogP contribution in [-0.4, -0.2) is 9.97 Å². The molecule has 0 bridgehead atoms. The average molecular weight is 701 g/mol. The topological polar surface area (TPSA) is 58.5 Å². The van der Waals surface area contributed by atoms with Gasteiger partial charge in [0, 0.05) is 66.5 Å². The van der Waals surface area contributed by atoms with Gasteiger partial charge in [0.15, 0.2) is 5.82 Å². The van der Waals surface area contributed by atoms with E-state index in [-0.39, 0.29) is 0 Å². The Hall–Kier alpha value is -6.96. The van der Waals surface area contributed by atoms with Crippen molar-refractivity contribution < 1.29 is 8.83 Å². The predicted octanol–water partition coefficient (Wildman–Crippen LogP) is 13.6. The van der Waals surface area contributed by atoms with Gasteiger partial charge in [-0.1, -0.05) is 72.8 Å². The van der Waals surface area contributed by atoms with E-state index in [0.29, 0.717) is 0 Å². The van der Waals surface area contributed by atoms with E-state index < -0.39 is 0 Å². The lowest BCUT2D eigenvalue weighted by Gasteiger charge is -2.25. The van der Waals surface area contributed by atoms with Crippen molar-refractivity contribution in [3.8, 4) is 0 Å². The summed E-state index contributed by atoms with van der Waals surface area (Å²) in [5.74, 6) is 0.732. The van der Waals surface area contributed by atoms with Gasteiger partial charge >= 0.3 is 0 Å².